The van der Waals surface area contributed by atoms with Gasteiger partial charge in [0, 0.05) is 12.0 Å². The van der Waals surface area contributed by atoms with Gasteiger partial charge in [-0.1, -0.05) is 30.3 Å². The van der Waals surface area contributed by atoms with Crippen LogP contribution in [0.15, 0.2) is 48.5 Å². The number of hydrogen-bond donors (Lipinski definition) is 3. The molecule has 0 aliphatic carbocycles. The van der Waals surface area contributed by atoms with E-state index in [0.717, 1.165) is 0 Å². The fourth-order valence-corrected chi connectivity index (χ4v) is 2.61. The summed E-state index contributed by atoms with van der Waals surface area (Å²) in [6.07, 6.45) is 0.407. The first-order valence-corrected chi connectivity index (χ1v) is 8.70. The lowest BCUT2D eigenvalue weighted by Gasteiger charge is -2.21. The topological polar surface area (TPSA) is 95.5 Å². The number of aromatic carboxylic acids is 1. The third-order valence-electron chi connectivity index (χ3n) is 3.80. The number of hydrogen-bond acceptors (Lipinski definition) is 3. The minimum Gasteiger partial charge on any atom is -0.478 e. The number of anilines is 1. The van der Waals surface area contributed by atoms with Gasteiger partial charge >= 0.3 is 5.97 Å². The van der Waals surface area contributed by atoms with E-state index in [4.69, 9.17) is 0 Å². The zero-order valence-corrected chi connectivity index (χ0v) is 15.7. The zero-order chi connectivity index (χ0) is 20.0. The summed E-state index contributed by atoms with van der Waals surface area (Å²) in [5.74, 6) is -1.57. The van der Waals surface area contributed by atoms with Gasteiger partial charge < -0.3 is 15.7 Å². The first-order valence-electron chi connectivity index (χ1n) is 8.70. The third kappa shape index (κ3) is 5.95. The number of aryl methyl sites for hydroxylation is 1. The maximum atomic E-state index is 12.4. The van der Waals surface area contributed by atoms with E-state index in [1.165, 1.54) is 6.07 Å². The van der Waals surface area contributed by atoms with E-state index in [-0.39, 0.29) is 23.8 Å². The first-order chi connectivity index (χ1) is 12.7. The second-order valence-electron chi connectivity index (χ2n) is 7.26. The minimum atomic E-state index is -1.02. The molecule has 2 amide bonds. The number of amides is 2. The summed E-state index contributed by atoms with van der Waals surface area (Å²) in [6, 6.07) is 13.4. The summed E-state index contributed by atoms with van der Waals surface area (Å²) in [5.41, 5.74) is 1.20. The van der Waals surface area contributed by atoms with Crippen LogP contribution in [-0.2, 0) is 11.2 Å². The second kappa shape index (κ2) is 8.49. The van der Waals surface area contributed by atoms with E-state index < -0.39 is 11.5 Å². The average molecular weight is 368 g/mol. The van der Waals surface area contributed by atoms with Crippen LogP contribution >= 0.6 is 0 Å². The predicted molar refractivity (Wildman–Crippen MR) is 104 cm³/mol. The summed E-state index contributed by atoms with van der Waals surface area (Å²) < 4.78 is 0. The second-order valence-corrected chi connectivity index (χ2v) is 7.26. The molecule has 2 aromatic rings. The van der Waals surface area contributed by atoms with Crippen LogP contribution in [0, 0.1) is 0 Å². The molecule has 142 valence electrons. The Labute approximate surface area is 158 Å². The molecular formula is C21H24N2O4. The van der Waals surface area contributed by atoms with Crippen LogP contribution in [0.2, 0.25) is 0 Å². The molecule has 0 fully saturated rings. The average Bonchev–Trinajstić information content (AvgIpc) is 2.59. The Kier molecular flexibility index (Phi) is 6.34. The van der Waals surface area contributed by atoms with Gasteiger partial charge in [-0.2, -0.15) is 0 Å². The van der Waals surface area contributed by atoms with Gasteiger partial charge in [-0.05, 0) is 51.0 Å². The molecule has 2 rings (SSSR count). The van der Waals surface area contributed by atoms with Crippen molar-refractivity contribution in [2.45, 2.75) is 39.2 Å². The molecule has 3 N–H and O–H groups in total. The third-order valence-corrected chi connectivity index (χ3v) is 3.80. The normalized spacial score (nSPS) is 10.9. The lowest BCUT2D eigenvalue weighted by molar-refractivity contribution is -0.116. The van der Waals surface area contributed by atoms with Gasteiger partial charge in [0.2, 0.25) is 5.91 Å². The lowest BCUT2D eigenvalue weighted by Crippen LogP contribution is -2.40. The number of carbonyl (C=O) groups excluding carboxylic acids is 2. The van der Waals surface area contributed by atoms with Gasteiger partial charge in [0.25, 0.3) is 5.91 Å². The molecule has 0 saturated carbocycles. The number of benzene rings is 2. The van der Waals surface area contributed by atoms with Crippen LogP contribution < -0.4 is 10.6 Å². The van der Waals surface area contributed by atoms with Crippen molar-refractivity contribution < 1.29 is 19.5 Å². The maximum Gasteiger partial charge on any atom is 0.335 e. The van der Waals surface area contributed by atoms with Crippen molar-refractivity contribution in [1.29, 1.82) is 0 Å². The van der Waals surface area contributed by atoms with Crippen LogP contribution in [0.25, 0.3) is 0 Å². The molecule has 0 saturated heterocycles. The molecule has 0 aliphatic heterocycles. The molecule has 0 unspecified atom stereocenters. The summed E-state index contributed by atoms with van der Waals surface area (Å²) in [5, 5.41) is 14.8. The number of carbonyl (C=O) groups is 3. The zero-order valence-electron chi connectivity index (χ0n) is 15.7. The molecule has 0 aliphatic rings. The molecule has 2 aromatic carbocycles. The summed E-state index contributed by atoms with van der Waals surface area (Å²) in [4.78, 5) is 36.0. The van der Waals surface area contributed by atoms with E-state index in [1.807, 2.05) is 20.8 Å². The Morgan fingerprint density at radius 2 is 1.52 bits per heavy atom. The Bertz CT molecular complexity index is 853. The van der Waals surface area contributed by atoms with Crippen LogP contribution in [0.5, 0.6) is 0 Å². The molecule has 0 atom stereocenters. The number of rotatable bonds is 6. The van der Waals surface area contributed by atoms with Gasteiger partial charge in [-0.25, -0.2) is 4.79 Å². The fraction of sp³-hybridized carbons (Fsp3) is 0.286. The van der Waals surface area contributed by atoms with Crippen molar-refractivity contribution in [1.82, 2.24) is 5.32 Å². The van der Waals surface area contributed by atoms with Crippen molar-refractivity contribution >= 4 is 23.5 Å². The van der Waals surface area contributed by atoms with E-state index >= 15 is 0 Å². The Morgan fingerprint density at radius 1 is 0.926 bits per heavy atom. The Balaban J connectivity index is 2.07. The molecule has 0 heterocycles. The molecule has 0 spiro atoms. The van der Waals surface area contributed by atoms with Gasteiger partial charge in [-0.15, -0.1) is 0 Å². The summed E-state index contributed by atoms with van der Waals surface area (Å²) in [7, 11) is 0. The van der Waals surface area contributed by atoms with Gasteiger partial charge in [-0.3, -0.25) is 9.59 Å². The quantitative estimate of drug-likeness (QED) is 0.727. The summed E-state index contributed by atoms with van der Waals surface area (Å²) in [6.45, 7) is 5.64. The predicted octanol–water partition coefficient (Wildman–Crippen LogP) is 3.48. The highest BCUT2D eigenvalue weighted by Gasteiger charge is 2.19. The number of carboxylic acid groups (broad SMARTS) is 1. The van der Waals surface area contributed by atoms with Crippen LogP contribution in [-0.4, -0.2) is 28.4 Å². The van der Waals surface area contributed by atoms with E-state index in [1.54, 1.807) is 42.5 Å². The van der Waals surface area contributed by atoms with E-state index in [0.29, 0.717) is 23.2 Å². The highest BCUT2D eigenvalue weighted by molar-refractivity contribution is 6.04. The van der Waals surface area contributed by atoms with Gasteiger partial charge in [0.15, 0.2) is 0 Å². The van der Waals surface area contributed by atoms with Crippen molar-refractivity contribution in [3.63, 3.8) is 0 Å². The molecule has 0 radical (unpaired) electrons. The molecule has 6 nitrogen and oxygen atoms in total. The van der Waals surface area contributed by atoms with Crippen LogP contribution in [0.4, 0.5) is 5.69 Å². The molecule has 6 heteroatoms. The summed E-state index contributed by atoms with van der Waals surface area (Å²) >= 11 is 0. The first kappa shape index (κ1) is 20.2. The smallest absolute Gasteiger partial charge is 0.335 e. The fourth-order valence-electron chi connectivity index (χ4n) is 2.61. The van der Waals surface area contributed by atoms with Crippen molar-refractivity contribution in [3.05, 3.63) is 65.2 Å². The van der Waals surface area contributed by atoms with E-state index in [2.05, 4.69) is 10.6 Å². The van der Waals surface area contributed by atoms with Crippen molar-refractivity contribution in [2.75, 3.05) is 5.32 Å². The minimum absolute atomic E-state index is 0.111. The van der Waals surface area contributed by atoms with Gasteiger partial charge in [0.05, 0.1) is 16.8 Å². The highest BCUT2D eigenvalue weighted by Crippen LogP contribution is 2.17. The van der Waals surface area contributed by atoms with Crippen molar-refractivity contribution in [2.24, 2.45) is 0 Å². The molecular weight excluding hydrogens is 344 g/mol. The molecule has 0 bridgehead atoms. The Hall–Kier alpha value is -3.15. The largest absolute Gasteiger partial charge is 0.478 e. The Morgan fingerprint density at radius 3 is 2.15 bits per heavy atom. The lowest BCUT2D eigenvalue weighted by atomic mass is 10.0. The highest BCUT2D eigenvalue weighted by atomic mass is 16.4. The molecule has 0 aromatic heterocycles. The van der Waals surface area contributed by atoms with Crippen molar-refractivity contribution in [3.8, 4) is 0 Å². The standard InChI is InChI=1S/C21H24N2O4/c1-21(2,3)23-19(25)16-10-6-7-11-17(16)22-18(24)13-12-14-8-4-5-9-15(14)20(26)27/h4-11H,12-13H2,1-3H3,(H,22,24)(H,23,25)(H,26,27). The monoisotopic (exact) mass is 368 g/mol. The number of carboxylic acids is 1. The number of para-hydroxylation sites is 1. The SMILES string of the molecule is CC(C)(C)NC(=O)c1ccccc1NC(=O)CCc1ccccc1C(=O)O. The van der Waals surface area contributed by atoms with Crippen LogP contribution in [0.3, 0.4) is 0 Å². The molecule has 27 heavy (non-hydrogen) atoms. The number of nitrogens with one attached hydrogen (secondary N) is 2. The maximum absolute atomic E-state index is 12.4. The van der Waals surface area contributed by atoms with Gasteiger partial charge in [0.1, 0.15) is 0 Å². The van der Waals surface area contributed by atoms with E-state index in [9.17, 15) is 19.5 Å². The van der Waals surface area contributed by atoms with Crippen LogP contribution in [0.1, 0.15) is 53.5 Å².